The normalized spacial score (nSPS) is 10.7. The second-order valence-electron chi connectivity index (χ2n) is 6.58. The molecule has 0 unspecified atom stereocenters. The number of rotatable bonds is 9. The fraction of sp³-hybridized carbons (Fsp3) is 0.261. The summed E-state index contributed by atoms with van der Waals surface area (Å²) in [5.74, 6) is 0.232. The van der Waals surface area contributed by atoms with Crippen LogP contribution in [0.4, 0.5) is 5.69 Å². The van der Waals surface area contributed by atoms with Crippen molar-refractivity contribution < 1.29 is 23.8 Å². The van der Waals surface area contributed by atoms with E-state index >= 15 is 0 Å². The number of nitrogens with one attached hydrogen (secondary N) is 2. The quantitative estimate of drug-likeness (QED) is 0.438. The Hall–Kier alpha value is -3.70. The third kappa shape index (κ3) is 6.40. The van der Waals surface area contributed by atoms with Crippen LogP contribution in [-0.2, 0) is 9.59 Å². The average Bonchev–Trinajstić information content (AvgIpc) is 2.78. The highest BCUT2D eigenvalue weighted by Gasteiger charge is 2.15. The topological polar surface area (TPSA) is 110 Å². The van der Waals surface area contributed by atoms with Gasteiger partial charge in [-0.05, 0) is 49.2 Å². The molecule has 0 bridgehead atoms. The lowest BCUT2D eigenvalue weighted by atomic mass is 10.1. The SMILES string of the molecule is CCNC(=O)COc1ccc(/C=C(\C#N)C(=O)Nc2cc(C)c(Cl)cc2OC)cc1OC. The number of anilines is 1. The zero-order valence-corrected chi connectivity index (χ0v) is 19.0. The van der Waals surface area contributed by atoms with Crippen LogP contribution in [0.15, 0.2) is 35.9 Å². The minimum absolute atomic E-state index is 0.127. The van der Waals surface area contributed by atoms with Crippen LogP contribution in [0.25, 0.3) is 6.08 Å². The van der Waals surface area contributed by atoms with E-state index in [-0.39, 0.29) is 18.1 Å². The summed E-state index contributed by atoms with van der Waals surface area (Å²) in [4.78, 5) is 24.3. The molecule has 9 heteroatoms. The molecule has 32 heavy (non-hydrogen) atoms. The van der Waals surface area contributed by atoms with Crippen LogP contribution in [0.2, 0.25) is 5.02 Å². The molecular weight excluding hydrogens is 434 g/mol. The fourth-order valence-electron chi connectivity index (χ4n) is 2.72. The van der Waals surface area contributed by atoms with Crippen molar-refractivity contribution in [2.75, 3.05) is 32.7 Å². The molecule has 2 aromatic carbocycles. The summed E-state index contributed by atoms with van der Waals surface area (Å²) < 4.78 is 16.0. The Kier molecular flexibility index (Phi) is 8.93. The van der Waals surface area contributed by atoms with Crippen molar-refractivity contribution in [1.82, 2.24) is 5.32 Å². The number of hydrogen-bond donors (Lipinski definition) is 2. The predicted octanol–water partition coefficient (Wildman–Crippen LogP) is 3.73. The van der Waals surface area contributed by atoms with Crippen molar-refractivity contribution >= 4 is 35.2 Å². The molecule has 0 saturated carbocycles. The Labute approximate surface area is 191 Å². The largest absolute Gasteiger partial charge is 0.495 e. The predicted molar refractivity (Wildman–Crippen MR) is 122 cm³/mol. The van der Waals surface area contributed by atoms with E-state index in [0.717, 1.165) is 5.56 Å². The molecule has 0 atom stereocenters. The summed E-state index contributed by atoms with van der Waals surface area (Å²) in [5.41, 5.74) is 1.56. The van der Waals surface area contributed by atoms with Crippen LogP contribution >= 0.6 is 11.6 Å². The first kappa shape index (κ1) is 24.6. The first-order valence-electron chi connectivity index (χ1n) is 9.67. The van der Waals surface area contributed by atoms with E-state index in [0.29, 0.717) is 40.1 Å². The summed E-state index contributed by atoms with van der Waals surface area (Å²) in [6.45, 7) is 3.95. The molecule has 0 heterocycles. The maximum absolute atomic E-state index is 12.7. The molecule has 0 saturated heterocycles. The molecule has 0 fully saturated rings. The van der Waals surface area contributed by atoms with Crippen LogP contribution in [0, 0.1) is 18.3 Å². The number of amides is 2. The molecule has 0 aliphatic carbocycles. The highest BCUT2D eigenvalue weighted by Crippen LogP contribution is 2.32. The van der Waals surface area contributed by atoms with Crippen molar-refractivity contribution in [2.24, 2.45) is 0 Å². The van der Waals surface area contributed by atoms with E-state index in [1.807, 2.05) is 13.0 Å². The molecule has 0 aromatic heterocycles. The summed E-state index contributed by atoms with van der Waals surface area (Å²) in [6.07, 6.45) is 1.42. The molecule has 2 amide bonds. The summed E-state index contributed by atoms with van der Waals surface area (Å²) >= 11 is 6.09. The lowest BCUT2D eigenvalue weighted by Gasteiger charge is -2.12. The summed E-state index contributed by atoms with van der Waals surface area (Å²) in [7, 11) is 2.91. The lowest BCUT2D eigenvalue weighted by molar-refractivity contribution is -0.123. The number of halogens is 1. The molecule has 0 aliphatic rings. The Bertz CT molecular complexity index is 1080. The number of hydrogen-bond acceptors (Lipinski definition) is 6. The monoisotopic (exact) mass is 457 g/mol. The number of carbonyl (C=O) groups is 2. The molecular formula is C23H24ClN3O5. The van der Waals surface area contributed by atoms with Gasteiger partial charge < -0.3 is 24.8 Å². The van der Waals surface area contributed by atoms with Gasteiger partial charge in [0.2, 0.25) is 0 Å². The lowest BCUT2D eigenvalue weighted by Crippen LogP contribution is -2.28. The molecule has 0 spiro atoms. The smallest absolute Gasteiger partial charge is 0.266 e. The fourth-order valence-corrected chi connectivity index (χ4v) is 2.87. The highest BCUT2D eigenvalue weighted by atomic mass is 35.5. The summed E-state index contributed by atoms with van der Waals surface area (Å²) in [5, 5.41) is 15.3. The van der Waals surface area contributed by atoms with Crippen LogP contribution in [0.3, 0.4) is 0 Å². The maximum Gasteiger partial charge on any atom is 0.266 e. The highest BCUT2D eigenvalue weighted by molar-refractivity contribution is 6.31. The van der Waals surface area contributed by atoms with Gasteiger partial charge in [-0.25, -0.2) is 0 Å². The molecule has 8 nitrogen and oxygen atoms in total. The molecule has 2 rings (SSSR count). The molecule has 168 valence electrons. The Morgan fingerprint density at radius 3 is 2.47 bits per heavy atom. The minimum atomic E-state index is -0.608. The zero-order valence-electron chi connectivity index (χ0n) is 18.2. The number of likely N-dealkylation sites (N-methyl/N-ethyl adjacent to an activating group) is 1. The standard InChI is InChI=1S/C23H24ClN3O5/c1-5-26-22(28)13-32-19-7-6-15(10-21(19)31-4)9-16(12-25)23(29)27-18-8-14(2)17(24)11-20(18)30-3/h6-11H,5,13H2,1-4H3,(H,26,28)(H,27,29)/b16-9+. The second kappa shape index (κ2) is 11.6. The Morgan fingerprint density at radius 2 is 1.84 bits per heavy atom. The number of ether oxygens (including phenoxy) is 3. The van der Waals surface area contributed by atoms with Crippen molar-refractivity contribution in [3.8, 4) is 23.3 Å². The van der Waals surface area contributed by atoms with Crippen molar-refractivity contribution in [2.45, 2.75) is 13.8 Å². The van der Waals surface area contributed by atoms with E-state index < -0.39 is 5.91 Å². The third-order valence-corrected chi connectivity index (χ3v) is 4.73. The van der Waals surface area contributed by atoms with Gasteiger partial charge in [-0.1, -0.05) is 17.7 Å². The van der Waals surface area contributed by atoms with Gasteiger partial charge in [0.05, 0.1) is 19.9 Å². The van der Waals surface area contributed by atoms with E-state index in [1.165, 1.54) is 20.3 Å². The number of nitrogens with zero attached hydrogens (tertiary/aromatic N) is 1. The first-order chi connectivity index (χ1) is 15.3. The van der Waals surface area contributed by atoms with Crippen LogP contribution < -0.4 is 24.8 Å². The molecule has 0 radical (unpaired) electrons. The summed E-state index contributed by atoms with van der Waals surface area (Å²) in [6, 6.07) is 10.00. The van der Waals surface area contributed by atoms with E-state index in [1.54, 1.807) is 37.3 Å². The van der Waals surface area contributed by atoms with Crippen molar-refractivity contribution in [1.29, 1.82) is 5.26 Å². The van der Waals surface area contributed by atoms with Crippen molar-refractivity contribution in [3.05, 3.63) is 52.1 Å². The molecule has 0 aliphatic heterocycles. The van der Waals surface area contributed by atoms with Gasteiger partial charge in [0.25, 0.3) is 11.8 Å². The zero-order chi connectivity index (χ0) is 23.7. The number of methoxy groups -OCH3 is 2. The minimum Gasteiger partial charge on any atom is -0.495 e. The van der Waals surface area contributed by atoms with Gasteiger partial charge in [-0.15, -0.1) is 0 Å². The van der Waals surface area contributed by atoms with E-state index in [9.17, 15) is 14.9 Å². The second-order valence-corrected chi connectivity index (χ2v) is 6.99. The van der Waals surface area contributed by atoms with E-state index in [2.05, 4.69) is 10.6 Å². The van der Waals surface area contributed by atoms with Gasteiger partial charge in [0.1, 0.15) is 17.4 Å². The number of benzene rings is 2. The van der Waals surface area contributed by atoms with Gasteiger partial charge >= 0.3 is 0 Å². The Balaban J connectivity index is 2.24. The van der Waals surface area contributed by atoms with Gasteiger partial charge in [0.15, 0.2) is 18.1 Å². The maximum atomic E-state index is 12.7. The Morgan fingerprint density at radius 1 is 1.12 bits per heavy atom. The van der Waals surface area contributed by atoms with Gasteiger partial charge in [-0.2, -0.15) is 5.26 Å². The van der Waals surface area contributed by atoms with Gasteiger partial charge in [-0.3, -0.25) is 9.59 Å². The molecule has 2 N–H and O–H groups in total. The number of nitriles is 1. The average molecular weight is 458 g/mol. The van der Waals surface area contributed by atoms with Gasteiger partial charge in [0, 0.05) is 17.6 Å². The van der Waals surface area contributed by atoms with Crippen molar-refractivity contribution in [3.63, 3.8) is 0 Å². The van der Waals surface area contributed by atoms with E-state index in [4.69, 9.17) is 25.8 Å². The van der Waals surface area contributed by atoms with Crippen LogP contribution in [0.5, 0.6) is 17.2 Å². The number of aryl methyl sites for hydroxylation is 1. The third-order valence-electron chi connectivity index (χ3n) is 4.33. The molecule has 2 aromatic rings. The number of carbonyl (C=O) groups excluding carboxylic acids is 2. The van der Waals surface area contributed by atoms with Crippen LogP contribution in [0.1, 0.15) is 18.1 Å². The first-order valence-corrected chi connectivity index (χ1v) is 10.1. The van der Waals surface area contributed by atoms with Crippen LogP contribution in [-0.4, -0.2) is 39.2 Å².